The molecule has 0 bridgehead atoms. The molecule has 1 amide bonds. The summed E-state index contributed by atoms with van der Waals surface area (Å²) in [5.74, 6) is 0.498. The predicted octanol–water partition coefficient (Wildman–Crippen LogP) is 4.71. The lowest BCUT2D eigenvalue weighted by Gasteiger charge is -2.10. The first-order valence-electron chi connectivity index (χ1n) is 10.9. The largest absolute Gasteiger partial charge is 0.497 e. The molecule has 1 N–H and O–H groups in total. The van der Waals surface area contributed by atoms with Crippen LogP contribution in [0.2, 0.25) is 0 Å². The summed E-state index contributed by atoms with van der Waals surface area (Å²) in [5.41, 5.74) is 6.32. The molecular formula is C27H23N5O2. The first-order chi connectivity index (χ1) is 16.6. The maximum Gasteiger partial charge on any atom is 0.270 e. The number of fused-ring (bicyclic) bond motifs is 1. The minimum atomic E-state index is -0.257. The topological polar surface area (TPSA) is 81.4 Å². The summed E-state index contributed by atoms with van der Waals surface area (Å²) in [4.78, 5) is 21.9. The highest BCUT2D eigenvalue weighted by Crippen LogP contribution is 2.31. The molecule has 168 valence electrons. The fraction of sp³-hybridized carbons (Fsp3) is 0.111. The second-order valence-corrected chi connectivity index (χ2v) is 7.86. The quantitative estimate of drug-likeness (QED) is 0.406. The van der Waals surface area contributed by atoms with Crippen molar-refractivity contribution in [2.75, 3.05) is 7.11 Å². The zero-order valence-corrected chi connectivity index (χ0v) is 18.9. The molecule has 3 aromatic heterocycles. The van der Waals surface area contributed by atoms with E-state index in [1.807, 2.05) is 73.7 Å². The Bertz CT molecular complexity index is 1450. The number of aryl methyl sites for hydroxylation is 1. The third kappa shape index (κ3) is 4.11. The number of methoxy groups -OCH3 is 1. The third-order valence-electron chi connectivity index (χ3n) is 5.65. The lowest BCUT2D eigenvalue weighted by Crippen LogP contribution is -2.24. The van der Waals surface area contributed by atoms with Gasteiger partial charge in [-0.05, 0) is 60.5 Å². The molecule has 34 heavy (non-hydrogen) atoms. The first kappa shape index (κ1) is 21.3. The highest BCUT2D eigenvalue weighted by molar-refractivity contribution is 5.95. The number of nitrogens with zero attached hydrogens (tertiary/aromatic N) is 4. The number of pyridine rings is 1. The zero-order chi connectivity index (χ0) is 23.5. The number of hydrogen-bond acceptors (Lipinski definition) is 5. The van der Waals surface area contributed by atoms with Crippen molar-refractivity contribution in [3.05, 3.63) is 102 Å². The zero-order valence-electron chi connectivity index (χ0n) is 18.9. The van der Waals surface area contributed by atoms with E-state index in [-0.39, 0.29) is 5.91 Å². The molecule has 7 nitrogen and oxygen atoms in total. The van der Waals surface area contributed by atoms with Crippen molar-refractivity contribution in [3.8, 4) is 28.1 Å². The summed E-state index contributed by atoms with van der Waals surface area (Å²) in [5, 5.41) is 7.75. The van der Waals surface area contributed by atoms with E-state index < -0.39 is 0 Å². The van der Waals surface area contributed by atoms with Gasteiger partial charge in [0.15, 0.2) is 5.65 Å². The molecule has 0 unspecified atom stereocenters. The minimum Gasteiger partial charge on any atom is -0.497 e. The summed E-state index contributed by atoms with van der Waals surface area (Å²) >= 11 is 0. The van der Waals surface area contributed by atoms with Gasteiger partial charge in [-0.25, -0.2) is 9.50 Å². The first-order valence-corrected chi connectivity index (χ1v) is 10.9. The average Bonchev–Trinajstić information content (AvgIpc) is 3.23. The van der Waals surface area contributed by atoms with Crippen molar-refractivity contribution in [1.82, 2.24) is 24.9 Å². The van der Waals surface area contributed by atoms with Crippen LogP contribution in [0.15, 0.2) is 85.2 Å². The Balaban J connectivity index is 1.64. The molecule has 0 spiro atoms. The number of amides is 1. The predicted molar refractivity (Wildman–Crippen MR) is 131 cm³/mol. The van der Waals surface area contributed by atoms with E-state index in [9.17, 15) is 4.79 Å². The fourth-order valence-electron chi connectivity index (χ4n) is 3.92. The summed E-state index contributed by atoms with van der Waals surface area (Å²) in [7, 11) is 1.63. The van der Waals surface area contributed by atoms with Gasteiger partial charge in [0.2, 0.25) is 0 Å². The Labute approximate surface area is 197 Å². The third-order valence-corrected chi connectivity index (χ3v) is 5.65. The van der Waals surface area contributed by atoms with Crippen molar-refractivity contribution >= 4 is 11.6 Å². The van der Waals surface area contributed by atoms with Crippen LogP contribution in [-0.4, -0.2) is 32.6 Å². The standard InChI is InChI=1S/C27H23N5O2/c1-18-25(21-6-4-3-5-7-21)26-30-23(27(33)29-17-19-12-14-28-15-13-19)16-24(32(26)31-18)20-8-10-22(34-2)11-9-20/h3-16H,17H2,1-2H3,(H,29,33). The van der Waals surface area contributed by atoms with Crippen molar-refractivity contribution in [2.24, 2.45) is 0 Å². The highest BCUT2D eigenvalue weighted by atomic mass is 16.5. The van der Waals surface area contributed by atoms with Crippen LogP contribution in [0.5, 0.6) is 5.75 Å². The van der Waals surface area contributed by atoms with Gasteiger partial charge in [-0.1, -0.05) is 30.3 Å². The van der Waals surface area contributed by atoms with Crippen LogP contribution in [0.1, 0.15) is 21.7 Å². The van der Waals surface area contributed by atoms with E-state index in [2.05, 4.69) is 10.3 Å². The average molecular weight is 450 g/mol. The van der Waals surface area contributed by atoms with Crippen molar-refractivity contribution in [1.29, 1.82) is 0 Å². The van der Waals surface area contributed by atoms with Gasteiger partial charge in [0.25, 0.3) is 5.91 Å². The monoisotopic (exact) mass is 449 g/mol. The van der Waals surface area contributed by atoms with Crippen molar-refractivity contribution < 1.29 is 9.53 Å². The molecule has 2 aromatic carbocycles. The number of ether oxygens (including phenoxy) is 1. The molecule has 5 rings (SSSR count). The number of carbonyl (C=O) groups is 1. The van der Waals surface area contributed by atoms with Crippen LogP contribution in [-0.2, 0) is 6.54 Å². The molecule has 0 aliphatic rings. The molecule has 0 atom stereocenters. The Hall–Kier alpha value is -4.52. The van der Waals surface area contributed by atoms with E-state index >= 15 is 0 Å². The molecule has 0 aliphatic carbocycles. The van der Waals surface area contributed by atoms with E-state index in [1.54, 1.807) is 30.1 Å². The number of aromatic nitrogens is 4. The van der Waals surface area contributed by atoms with Crippen LogP contribution in [0.25, 0.3) is 28.0 Å². The van der Waals surface area contributed by atoms with Gasteiger partial charge in [-0.2, -0.15) is 5.10 Å². The number of benzene rings is 2. The lowest BCUT2D eigenvalue weighted by molar-refractivity contribution is 0.0946. The lowest BCUT2D eigenvalue weighted by atomic mass is 10.1. The molecular weight excluding hydrogens is 426 g/mol. The molecule has 0 saturated heterocycles. The minimum absolute atomic E-state index is 0.257. The van der Waals surface area contributed by atoms with Crippen LogP contribution >= 0.6 is 0 Å². The number of hydrogen-bond donors (Lipinski definition) is 1. The summed E-state index contributed by atoms with van der Waals surface area (Å²) < 4.78 is 7.11. The summed E-state index contributed by atoms with van der Waals surface area (Å²) in [6.07, 6.45) is 3.41. The summed E-state index contributed by atoms with van der Waals surface area (Å²) in [6.45, 7) is 2.34. The van der Waals surface area contributed by atoms with E-state index in [0.29, 0.717) is 17.9 Å². The van der Waals surface area contributed by atoms with Gasteiger partial charge in [0.05, 0.1) is 18.5 Å². The molecule has 0 fully saturated rings. The number of carbonyl (C=O) groups excluding carboxylic acids is 1. The van der Waals surface area contributed by atoms with Crippen LogP contribution < -0.4 is 10.1 Å². The van der Waals surface area contributed by atoms with Gasteiger partial charge < -0.3 is 10.1 Å². The second-order valence-electron chi connectivity index (χ2n) is 7.86. The maximum absolute atomic E-state index is 13.2. The van der Waals surface area contributed by atoms with Crippen LogP contribution in [0, 0.1) is 6.92 Å². The highest BCUT2D eigenvalue weighted by Gasteiger charge is 2.20. The maximum atomic E-state index is 13.2. The normalized spacial score (nSPS) is 10.9. The number of rotatable bonds is 6. The molecule has 7 heteroatoms. The van der Waals surface area contributed by atoms with Gasteiger partial charge in [0, 0.05) is 30.1 Å². The molecule has 3 heterocycles. The van der Waals surface area contributed by atoms with E-state index in [4.69, 9.17) is 14.8 Å². The van der Waals surface area contributed by atoms with Gasteiger partial charge in [-0.15, -0.1) is 0 Å². The van der Waals surface area contributed by atoms with Crippen molar-refractivity contribution in [3.63, 3.8) is 0 Å². The Morgan fingerprint density at radius 3 is 2.41 bits per heavy atom. The Morgan fingerprint density at radius 2 is 1.71 bits per heavy atom. The molecule has 0 radical (unpaired) electrons. The summed E-state index contributed by atoms with van der Waals surface area (Å²) in [6, 6.07) is 23.2. The van der Waals surface area contributed by atoms with Crippen LogP contribution in [0.4, 0.5) is 0 Å². The number of nitrogens with one attached hydrogen (secondary N) is 1. The van der Waals surface area contributed by atoms with Gasteiger partial charge in [0.1, 0.15) is 11.4 Å². The SMILES string of the molecule is COc1ccc(-c2cc(C(=O)NCc3ccncc3)nc3c(-c4ccccc4)c(C)nn23)cc1. The van der Waals surface area contributed by atoms with Crippen LogP contribution in [0.3, 0.4) is 0 Å². The molecule has 5 aromatic rings. The smallest absolute Gasteiger partial charge is 0.270 e. The van der Waals surface area contributed by atoms with E-state index in [1.165, 1.54) is 0 Å². The Morgan fingerprint density at radius 1 is 0.971 bits per heavy atom. The fourth-order valence-corrected chi connectivity index (χ4v) is 3.92. The van der Waals surface area contributed by atoms with Crippen molar-refractivity contribution in [2.45, 2.75) is 13.5 Å². The Kier molecular flexibility index (Phi) is 5.74. The molecule has 0 aliphatic heterocycles. The second kappa shape index (κ2) is 9.15. The van der Waals surface area contributed by atoms with Gasteiger partial charge in [-0.3, -0.25) is 9.78 Å². The van der Waals surface area contributed by atoms with E-state index in [0.717, 1.165) is 39.4 Å². The molecule has 0 saturated carbocycles. The van der Waals surface area contributed by atoms with Gasteiger partial charge >= 0.3 is 0 Å².